The number of allylic oxidation sites excluding steroid dienone is 3. The van der Waals surface area contributed by atoms with Crippen LogP contribution >= 0.6 is 0 Å². The number of aliphatic imine (C=N–C) groups is 3. The van der Waals surface area contributed by atoms with Crippen LogP contribution in [-0.2, 0) is 0 Å². The minimum Gasteiger partial charge on any atom is -0.287 e. The van der Waals surface area contributed by atoms with E-state index in [1.807, 2.05) is 19.9 Å². The maximum atomic E-state index is 13.4. The van der Waals surface area contributed by atoms with E-state index in [9.17, 15) is 8.78 Å². The van der Waals surface area contributed by atoms with Gasteiger partial charge in [0.1, 0.15) is 0 Å². The van der Waals surface area contributed by atoms with Crippen LogP contribution in [0.25, 0.3) is 0 Å². The molecule has 0 aliphatic carbocycles. The summed E-state index contributed by atoms with van der Waals surface area (Å²) in [5, 5.41) is 0. The summed E-state index contributed by atoms with van der Waals surface area (Å²) in [7, 11) is 0. The first-order valence-electron chi connectivity index (χ1n) is 7.90. The topological polar surface area (TPSA) is 37.1 Å². The highest BCUT2D eigenvalue weighted by Crippen LogP contribution is 2.24. The highest BCUT2D eigenvalue weighted by molar-refractivity contribution is 5.79. The highest BCUT2D eigenvalue weighted by atomic mass is 19.2. The molecule has 0 aliphatic heterocycles. The first-order chi connectivity index (χ1) is 12.0. The summed E-state index contributed by atoms with van der Waals surface area (Å²) in [5.41, 5.74) is 2.35. The Morgan fingerprint density at radius 1 is 1.28 bits per heavy atom. The van der Waals surface area contributed by atoms with Gasteiger partial charge in [0.2, 0.25) is 0 Å². The van der Waals surface area contributed by atoms with Gasteiger partial charge in [-0.05, 0) is 55.3 Å². The van der Waals surface area contributed by atoms with Crippen molar-refractivity contribution in [2.45, 2.75) is 26.2 Å². The lowest BCUT2D eigenvalue weighted by Gasteiger charge is -2.12. The van der Waals surface area contributed by atoms with E-state index in [-0.39, 0.29) is 5.92 Å². The number of hydrogen-bond donors (Lipinski definition) is 0. The molecule has 0 aromatic heterocycles. The van der Waals surface area contributed by atoms with Crippen LogP contribution in [0, 0.1) is 11.6 Å². The molecule has 5 heteroatoms. The summed E-state index contributed by atoms with van der Waals surface area (Å²) in [6, 6.07) is 4.00. The lowest BCUT2D eigenvalue weighted by molar-refractivity contribution is 0.505. The van der Waals surface area contributed by atoms with Crippen LogP contribution in [0.15, 0.2) is 69.4 Å². The van der Waals surface area contributed by atoms with E-state index in [1.54, 1.807) is 24.6 Å². The van der Waals surface area contributed by atoms with E-state index in [0.29, 0.717) is 18.7 Å². The standard InChI is InChI=1S/C20H23F2N3/c1-5-17(14-25-16(3)13-24-10-6-9-23-4)11-15(2)18-7-8-19(21)20(22)12-18/h5-10,12,14-15H,3-4,11,13H2,1-2H3/b9-6-,17-5-,24-10?,25-14?. The second kappa shape index (κ2) is 11.0. The molecule has 0 radical (unpaired) electrons. The van der Waals surface area contributed by atoms with Gasteiger partial charge in [0, 0.05) is 18.6 Å². The zero-order valence-corrected chi connectivity index (χ0v) is 14.6. The minimum atomic E-state index is -0.834. The van der Waals surface area contributed by atoms with E-state index in [0.717, 1.165) is 17.2 Å². The Bertz CT molecular complexity index is 716. The van der Waals surface area contributed by atoms with Crippen molar-refractivity contribution in [3.63, 3.8) is 0 Å². The summed E-state index contributed by atoms with van der Waals surface area (Å²) < 4.78 is 26.4. The van der Waals surface area contributed by atoms with E-state index in [2.05, 4.69) is 28.3 Å². The van der Waals surface area contributed by atoms with E-state index < -0.39 is 11.6 Å². The predicted octanol–water partition coefficient (Wildman–Crippen LogP) is 5.27. The molecule has 25 heavy (non-hydrogen) atoms. The molecule has 0 bridgehead atoms. The third-order valence-electron chi connectivity index (χ3n) is 3.50. The van der Waals surface area contributed by atoms with Crippen LogP contribution in [0.1, 0.15) is 31.7 Å². The molecule has 3 nitrogen and oxygen atoms in total. The normalized spacial score (nSPS) is 13.8. The monoisotopic (exact) mass is 343 g/mol. The third kappa shape index (κ3) is 7.61. The Hall–Kier alpha value is -2.69. The Kier molecular flexibility index (Phi) is 8.93. The fraction of sp³-hybridized carbons (Fsp3) is 0.250. The average Bonchev–Trinajstić information content (AvgIpc) is 2.60. The molecule has 0 saturated carbocycles. The number of benzene rings is 1. The average molecular weight is 343 g/mol. The fourth-order valence-electron chi connectivity index (χ4n) is 2.07. The Labute approximate surface area is 147 Å². The van der Waals surface area contributed by atoms with Gasteiger partial charge in [0.25, 0.3) is 0 Å². The van der Waals surface area contributed by atoms with E-state index in [4.69, 9.17) is 0 Å². The number of nitrogens with zero attached hydrogens (tertiary/aromatic N) is 3. The molecular formula is C20H23F2N3. The molecule has 1 rings (SSSR count). The molecule has 0 fully saturated rings. The number of rotatable bonds is 9. The summed E-state index contributed by atoms with van der Waals surface area (Å²) in [4.78, 5) is 12.0. The van der Waals surface area contributed by atoms with Gasteiger partial charge in [-0.3, -0.25) is 15.0 Å². The molecule has 0 amide bonds. The van der Waals surface area contributed by atoms with Crippen LogP contribution < -0.4 is 0 Å². The molecule has 0 aliphatic rings. The van der Waals surface area contributed by atoms with Crippen molar-refractivity contribution < 1.29 is 8.78 Å². The van der Waals surface area contributed by atoms with Crippen LogP contribution in [0.2, 0.25) is 0 Å². The summed E-state index contributed by atoms with van der Waals surface area (Å²) in [5.74, 6) is -1.62. The lowest BCUT2D eigenvalue weighted by Crippen LogP contribution is -1.99. The maximum Gasteiger partial charge on any atom is 0.159 e. The molecule has 1 atom stereocenters. The van der Waals surface area contributed by atoms with E-state index >= 15 is 0 Å². The van der Waals surface area contributed by atoms with Gasteiger partial charge in [-0.15, -0.1) is 0 Å². The van der Waals surface area contributed by atoms with Gasteiger partial charge in [-0.25, -0.2) is 8.78 Å². The van der Waals surface area contributed by atoms with Crippen molar-refractivity contribution in [3.05, 3.63) is 71.6 Å². The SMILES string of the molecule is C=N/C=C\C=NCC(=C)N=C/C(=C\C)CC(C)c1ccc(F)c(F)c1. The Balaban J connectivity index is 2.62. The number of halogens is 2. The summed E-state index contributed by atoms with van der Waals surface area (Å²) in [6.45, 7) is 11.4. The molecule has 0 heterocycles. The van der Waals surface area contributed by atoms with Gasteiger partial charge >= 0.3 is 0 Å². The quantitative estimate of drug-likeness (QED) is 0.548. The zero-order valence-electron chi connectivity index (χ0n) is 14.6. The summed E-state index contributed by atoms with van der Waals surface area (Å²) in [6.07, 6.45) is 9.15. The molecule has 1 unspecified atom stereocenters. The van der Waals surface area contributed by atoms with Crippen molar-refractivity contribution in [2.24, 2.45) is 15.0 Å². The van der Waals surface area contributed by atoms with E-state index in [1.165, 1.54) is 12.3 Å². The molecule has 1 aromatic carbocycles. The van der Waals surface area contributed by atoms with Crippen LogP contribution in [-0.4, -0.2) is 25.7 Å². The predicted molar refractivity (Wildman–Crippen MR) is 103 cm³/mol. The second-order valence-corrected chi connectivity index (χ2v) is 5.48. The van der Waals surface area contributed by atoms with Crippen molar-refractivity contribution >= 4 is 19.1 Å². The minimum absolute atomic E-state index is 0.0376. The molecular weight excluding hydrogens is 320 g/mol. The van der Waals surface area contributed by atoms with Gasteiger partial charge in [-0.2, -0.15) is 0 Å². The van der Waals surface area contributed by atoms with Crippen LogP contribution in [0.5, 0.6) is 0 Å². The summed E-state index contributed by atoms with van der Waals surface area (Å²) >= 11 is 0. The molecule has 0 saturated heterocycles. The molecule has 1 aromatic rings. The van der Waals surface area contributed by atoms with Gasteiger partial charge < -0.3 is 0 Å². The third-order valence-corrected chi connectivity index (χ3v) is 3.50. The van der Waals surface area contributed by atoms with Crippen LogP contribution in [0.3, 0.4) is 0 Å². The van der Waals surface area contributed by atoms with Crippen molar-refractivity contribution in [3.8, 4) is 0 Å². The Morgan fingerprint density at radius 2 is 2.04 bits per heavy atom. The maximum absolute atomic E-state index is 13.4. The number of hydrogen-bond acceptors (Lipinski definition) is 3. The Morgan fingerprint density at radius 3 is 2.68 bits per heavy atom. The first kappa shape index (κ1) is 20.4. The second-order valence-electron chi connectivity index (χ2n) is 5.48. The van der Waals surface area contributed by atoms with Gasteiger partial charge in [0.05, 0.1) is 12.2 Å². The zero-order chi connectivity index (χ0) is 18.7. The van der Waals surface area contributed by atoms with Crippen molar-refractivity contribution in [1.29, 1.82) is 0 Å². The molecule has 0 spiro atoms. The largest absolute Gasteiger partial charge is 0.287 e. The van der Waals surface area contributed by atoms with Crippen molar-refractivity contribution in [2.75, 3.05) is 6.54 Å². The van der Waals surface area contributed by atoms with Crippen molar-refractivity contribution in [1.82, 2.24) is 0 Å². The van der Waals surface area contributed by atoms with Crippen LogP contribution in [0.4, 0.5) is 8.78 Å². The smallest absolute Gasteiger partial charge is 0.159 e. The highest BCUT2D eigenvalue weighted by Gasteiger charge is 2.10. The first-order valence-corrected chi connectivity index (χ1v) is 7.90. The van der Waals surface area contributed by atoms with Gasteiger partial charge in [-0.1, -0.05) is 25.6 Å². The van der Waals surface area contributed by atoms with Gasteiger partial charge in [0.15, 0.2) is 11.6 Å². The lowest BCUT2D eigenvalue weighted by atomic mass is 9.94. The fourth-order valence-corrected chi connectivity index (χ4v) is 2.07. The molecule has 0 N–H and O–H groups in total. The molecule has 132 valence electrons.